The predicted molar refractivity (Wildman–Crippen MR) is 106 cm³/mol. The molecular weight excluding hydrogens is 391 g/mol. The zero-order valence-corrected chi connectivity index (χ0v) is 16.0. The first-order chi connectivity index (χ1) is 14.5. The van der Waals surface area contributed by atoms with Gasteiger partial charge in [0.2, 0.25) is 0 Å². The summed E-state index contributed by atoms with van der Waals surface area (Å²) >= 11 is 0. The number of benzene rings is 2. The Balaban J connectivity index is 1.71. The van der Waals surface area contributed by atoms with E-state index in [-0.39, 0.29) is 34.7 Å². The summed E-state index contributed by atoms with van der Waals surface area (Å²) in [6.45, 7) is -0.166. The largest absolute Gasteiger partial charge is 0.465 e. The number of carbonyl (C=O) groups is 2. The van der Waals surface area contributed by atoms with Gasteiger partial charge in [-0.3, -0.25) is 4.79 Å². The van der Waals surface area contributed by atoms with Crippen molar-refractivity contribution >= 4 is 17.7 Å². The van der Waals surface area contributed by atoms with Gasteiger partial charge in [0.25, 0.3) is 5.91 Å². The fraction of sp³-hybridized carbons (Fsp3) is 0.136. The van der Waals surface area contributed by atoms with Crippen LogP contribution >= 0.6 is 0 Å². The molecule has 2 N–H and O–H groups in total. The first-order valence-electron chi connectivity index (χ1n) is 8.97. The Hall–Kier alpha value is -3.62. The molecule has 154 valence electrons. The Morgan fingerprint density at radius 2 is 1.83 bits per heavy atom. The molecule has 0 fully saturated rings. The fourth-order valence-corrected chi connectivity index (χ4v) is 2.68. The number of aliphatic hydroxyl groups is 1. The van der Waals surface area contributed by atoms with E-state index in [1.165, 1.54) is 43.6 Å². The number of methoxy groups -OCH3 is 1. The summed E-state index contributed by atoms with van der Waals surface area (Å²) < 4.78 is 23.7. The molecule has 0 aliphatic rings. The maximum atomic E-state index is 13.7. The Morgan fingerprint density at radius 1 is 1.10 bits per heavy atom. The molecule has 0 saturated heterocycles. The highest BCUT2D eigenvalue weighted by atomic mass is 19.1. The second kappa shape index (κ2) is 9.73. The SMILES string of the molecule is COC(=O)c1ccc(NC(=O)c2ccccc2C(O)OCc2ccccc2F)nc1. The van der Waals surface area contributed by atoms with Crippen molar-refractivity contribution in [3.63, 3.8) is 0 Å². The van der Waals surface area contributed by atoms with E-state index in [1.807, 2.05) is 0 Å². The topological polar surface area (TPSA) is 97.8 Å². The second-order valence-electron chi connectivity index (χ2n) is 6.22. The van der Waals surface area contributed by atoms with Crippen molar-refractivity contribution < 1.29 is 28.6 Å². The second-order valence-corrected chi connectivity index (χ2v) is 6.22. The molecule has 7 nitrogen and oxygen atoms in total. The number of nitrogens with zero attached hydrogens (tertiary/aromatic N) is 1. The molecule has 1 atom stereocenters. The molecule has 0 aliphatic carbocycles. The first kappa shape index (κ1) is 21.1. The molecule has 8 heteroatoms. The number of carbonyl (C=O) groups excluding carboxylic acids is 2. The highest BCUT2D eigenvalue weighted by Gasteiger charge is 2.19. The number of amides is 1. The van der Waals surface area contributed by atoms with Crippen molar-refractivity contribution in [1.29, 1.82) is 0 Å². The van der Waals surface area contributed by atoms with Gasteiger partial charge in [0.1, 0.15) is 11.6 Å². The zero-order chi connectivity index (χ0) is 21.5. The summed E-state index contributed by atoms with van der Waals surface area (Å²) in [5.41, 5.74) is 0.913. The van der Waals surface area contributed by atoms with Crippen molar-refractivity contribution in [2.75, 3.05) is 12.4 Å². The molecule has 1 aromatic heterocycles. The quantitative estimate of drug-likeness (QED) is 0.457. The van der Waals surface area contributed by atoms with Crippen LogP contribution in [0.1, 0.15) is 38.1 Å². The van der Waals surface area contributed by atoms with Gasteiger partial charge in [-0.15, -0.1) is 0 Å². The minimum atomic E-state index is -1.44. The van der Waals surface area contributed by atoms with Gasteiger partial charge in [-0.1, -0.05) is 36.4 Å². The van der Waals surface area contributed by atoms with Crippen LogP contribution in [0.5, 0.6) is 0 Å². The number of esters is 1. The van der Waals surface area contributed by atoms with E-state index in [2.05, 4.69) is 15.0 Å². The molecule has 0 radical (unpaired) electrons. The molecule has 0 aliphatic heterocycles. The number of hydrogen-bond donors (Lipinski definition) is 2. The lowest BCUT2D eigenvalue weighted by Crippen LogP contribution is -2.17. The van der Waals surface area contributed by atoms with E-state index in [4.69, 9.17) is 4.74 Å². The van der Waals surface area contributed by atoms with Crippen LogP contribution in [-0.2, 0) is 16.1 Å². The number of anilines is 1. The first-order valence-corrected chi connectivity index (χ1v) is 8.97. The van der Waals surface area contributed by atoms with Crippen LogP contribution in [0.2, 0.25) is 0 Å². The minimum Gasteiger partial charge on any atom is -0.465 e. The highest BCUT2D eigenvalue weighted by molar-refractivity contribution is 6.05. The third-order valence-electron chi connectivity index (χ3n) is 4.25. The van der Waals surface area contributed by atoms with E-state index >= 15 is 0 Å². The predicted octanol–water partition coefficient (Wildman–Crippen LogP) is 3.47. The average molecular weight is 410 g/mol. The van der Waals surface area contributed by atoms with Gasteiger partial charge in [0.05, 0.1) is 19.3 Å². The molecule has 1 unspecified atom stereocenters. The highest BCUT2D eigenvalue weighted by Crippen LogP contribution is 2.22. The van der Waals surface area contributed by atoms with Gasteiger partial charge in [0.15, 0.2) is 6.29 Å². The van der Waals surface area contributed by atoms with Gasteiger partial charge in [-0.25, -0.2) is 14.2 Å². The number of aromatic nitrogens is 1. The summed E-state index contributed by atoms with van der Waals surface area (Å²) in [6.07, 6.45) is -0.166. The van der Waals surface area contributed by atoms with Crippen molar-refractivity contribution in [2.45, 2.75) is 12.9 Å². The molecule has 3 rings (SSSR count). The summed E-state index contributed by atoms with van der Waals surface area (Å²) in [7, 11) is 1.26. The van der Waals surface area contributed by atoms with Crippen molar-refractivity contribution in [3.05, 3.63) is 94.9 Å². The number of rotatable bonds is 7. The van der Waals surface area contributed by atoms with Gasteiger partial charge < -0.3 is 19.9 Å². The van der Waals surface area contributed by atoms with Gasteiger partial charge in [-0.05, 0) is 24.3 Å². The van der Waals surface area contributed by atoms with E-state index in [0.717, 1.165) is 0 Å². The standard InChI is InChI=1S/C22H19FN2O5/c1-29-21(27)14-10-11-19(24-12-14)25-20(26)16-7-3-4-8-17(16)22(28)30-13-15-6-2-5-9-18(15)23/h2-12,22,28H,13H2,1H3,(H,24,25,26). The van der Waals surface area contributed by atoms with Crippen LogP contribution in [0.3, 0.4) is 0 Å². The number of halogens is 1. The van der Waals surface area contributed by atoms with Crippen LogP contribution in [0, 0.1) is 5.82 Å². The van der Waals surface area contributed by atoms with E-state index in [9.17, 15) is 19.1 Å². The van der Waals surface area contributed by atoms with Crippen molar-refractivity contribution in [1.82, 2.24) is 4.98 Å². The molecule has 0 spiro atoms. The van der Waals surface area contributed by atoms with Gasteiger partial charge in [-0.2, -0.15) is 0 Å². The van der Waals surface area contributed by atoms with Crippen molar-refractivity contribution in [3.8, 4) is 0 Å². The number of ether oxygens (including phenoxy) is 2. The summed E-state index contributed by atoms with van der Waals surface area (Å²) in [5, 5.41) is 13.0. The van der Waals surface area contributed by atoms with Crippen LogP contribution in [0.25, 0.3) is 0 Å². The summed E-state index contributed by atoms with van der Waals surface area (Å²) in [4.78, 5) is 28.1. The van der Waals surface area contributed by atoms with Crippen LogP contribution in [0.4, 0.5) is 10.2 Å². The smallest absolute Gasteiger partial charge is 0.339 e. The fourth-order valence-electron chi connectivity index (χ4n) is 2.68. The molecule has 3 aromatic rings. The normalized spacial score (nSPS) is 11.6. The Bertz CT molecular complexity index is 1040. The maximum Gasteiger partial charge on any atom is 0.339 e. The number of pyridine rings is 1. The van der Waals surface area contributed by atoms with Crippen LogP contribution in [-0.4, -0.2) is 29.1 Å². The lowest BCUT2D eigenvalue weighted by Gasteiger charge is -2.16. The van der Waals surface area contributed by atoms with E-state index < -0.39 is 24.0 Å². The lowest BCUT2D eigenvalue weighted by molar-refractivity contribution is -0.112. The Labute approximate surface area is 172 Å². The molecule has 2 aromatic carbocycles. The summed E-state index contributed by atoms with van der Waals surface area (Å²) in [6, 6.07) is 15.3. The minimum absolute atomic E-state index is 0.164. The van der Waals surface area contributed by atoms with Crippen LogP contribution in [0.15, 0.2) is 66.9 Å². The van der Waals surface area contributed by atoms with Gasteiger partial charge in [0, 0.05) is 22.9 Å². The molecule has 1 heterocycles. The van der Waals surface area contributed by atoms with E-state index in [1.54, 1.807) is 30.3 Å². The Kier molecular flexibility index (Phi) is 6.84. The van der Waals surface area contributed by atoms with Crippen molar-refractivity contribution in [2.24, 2.45) is 0 Å². The zero-order valence-electron chi connectivity index (χ0n) is 16.0. The Morgan fingerprint density at radius 3 is 2.53 bits per heavy atom. The lowest BCUT2D eigenvalue weighted by atomic mass is 10.1. The molecule has 0 bridgehead atoms. The third kappa shape index (κ3) is 5.05. The van der Waals surface area contributed by atoms with Crippen LogP contribution < -0.4 is 5.32 Å². The molecule has 1 amide bonds. The number of aliphatic hydroxyl groups excluding tert-OH is 1. The monoisotopic (exact) mass is 410 g/mol. The third-order valence-corrected chi connectivity index (χ3v) is 4.25. The maximum absolute atomic E-state index is 13.7. The van der Waals surface area contributed by atoms with Gasteiger partial charge >= 0.3 is 5.97 Å². The number of nitrogens with one attached hydrogen (secondary N) is 1. The number of hydrogen-bond acceptors (Lipinski definition) is 6. The molecule has 30 heavy (non-hydrogen) atoms. The average Bonchev–Trinajstić information content (AvgIpc) is 2.78. The van der Waals surface area contributed by atoms with E-state index in [0.29, 0.717) is 0 Å². The summed E-state index contributed by atoms with van der Waals surface area (Å²) in [5.74, 6) is -1.31. The molecular formula is C22H19FN2O5. The molecule has 0 saturated carbocycles.